The van der Waals surface area contributed by atoms with Crippen LogP contribution in [0.4, 0.5) is 11.4 Å². The minimum absolute atomic E-state index is 0.0224. The lowest BCUT2D eigenvalue weighted by atomic mass is 10.1. The maximum Gasteiger partial charge on any atom is 0.255 e. The summed E-state index contributed by atoms with van der Waals surface area (Å²) in [5.74, 6) is 1.23. The fourth-order valence-electron chi connectivity index (χ4n) is 3.23. The van der Waals surface area contributed by atoms with E-state index < -0.39 is 0 Å². The van der Waals surface area contributed by atoms with Gasteiger partial charge in [-0.25, -0.2) is 0 Å². The number of rotatable bonds is 5. The van der Waals surface area contributed by atoms with Crippen LogP contribution in [0.2, 0.25) is 0 Å². The third-order valence-electron chi connectivity index (χ3n) is 4.60. The van der Waals surface area contributed by atoms with Gasteiger partial charge < -0.3 is 20.1 Å². The predicted molar refractivity (Wildman–Crippen MR) is 102 cm³/mol. The number of benzene rings is 2. The summed E-state index contributed by atoms with van der Waals surface area (Å²) < 4.78 is 10.6. The van der Waals surface area contributed by atoms with E-state index in [9.17, 15) is 9.59 Å². The van der Waals surface area contributed by atoms with Crippen molar-refractivity contribution in [2.45, 2.75) is 19.3 Å². The molecule has 4 rings (SSSR count). The van der Waals surface area contributed by atoms with Gasteiger partial charge in [-0.3, -0.25) is 9.59 Å². The lowest BCUT2D eigenvalue weighted by Gasteiger charge is -2.11. The van der Waals surface area contributed by atoms with Crippen LogP contribution < -0.4 is 20.1 Å². The van der Waals surface area contributed by atoms with Gasteiger partial charge in [-0.1, -0.05) is 18.2 Å². The molecular weight excluding hydrogens is 344 g/mol. The molecule has 2 N–H and O–H groups in total. The van der Waals surface area contributed by atoms with Crippen molar-refractivity contribution in [2.24, 2.45) is 5.92 Å². The average molecular weight is 364 g/mol. The van der Waals surface area contributed by atoms with E-state index in [0.717, 1.165) is 12.8 Å². The zero-order chi connectivity index (χ0) is 18.6. The molecule has 2 amide bonds. The highest BCUT2D eigenvalue weighted by Crippen LogP contribution is 2.32. The molecule has 6 heteroatoms. The molecule has 1 heterocycles. The molecule has 0 bridgehead atoms. The lowest BCUT2D eigenvalue weighted by Crippen LogP contribution is -2.15. The van der Waals surface area contributed by atoms with E-state index in [1.807, 2.05) is 0 Å². The molecule has 0 saturated heterocycles. The van der Waals surface area contributed by atoms with Crippen LogP contribution in [0.1, 0.15) is 29.6 Å². The first kappa shape index (κ1) is 17.1. The number of carbonyl (C=O) groups is 2. The second-order valence-corrected chi connectivity index (χ2v) is 6.62. The number of nitrogens with one attached hydrogen (secondary N) is 2. The summed E-state index contributed by atoms with van der Waals surface area (Å²) in [6, 6.07) is 12.2. The molecule has 2 aromatic carbocycles. The minimum atomic E-state index is -0.257. The van der Waals surface area contributed by atoms with Crippen LogP contribution >= 0.6 is 0 Å². The lowest BCUT2D eigenvalue weighted by molar-refractivity contribution is -0.116. The summed E-state index contributed by atoms with van der Waals surface area (Å²) in [6.07, 6.45) is 6.76. The standard InChI is InChI=1S/C21H20N2O4/c24-20(10-14-4-1-2-5-14)22-16-6-3-7-17(12-16)23-21(25)15-8-9-18-19(11-15)27-13-26-18/h1,3-4,6-9,11-12,14H,2,5,10,13H2,(H,22,24)(H,23,25)/t14-/m0/s1. The number of fused-ring (bicyclic) bond motifs is 1. The zero-order valence-corrected chi connectivity index (χ0v) is 14.7. The molecule has 2 aromatic rings. The van der Waals surface area contributed by atoms with Crippen LogP contribution in [0.25, 0.3) is 0 Å². The molecule has 0 saturated carbocycles. The fraction of sp³-hybridized carbons (Fsp3) is 0.238. The van der Waals surface area contributed by atoms with Crippen molar-refractivity contribution in [1.29, 1.82) is 0 Å². The molecule has 6 nitrogen and oxygen atoms in total. The fourth-order valence-corrected chi connectivity index (χ4v) is 3.23. The van der Waals surface area contributed by atoms with Crippen molar-refractivity contribution in [1.82, 2.24) is 0 Å². The van der Waals surface area contributed by atoms with Crippen molar-refractivity contribution < 1.29 is 19.1 Å². The number of anilines is 2. The predicted octanol–water partition coefficient (Wildman–Crippen LogP) is 3.96. The van der Waals surface area contributed by atoms with Gasteiger partial charge in [-0.05, 0) is 55.2 Å². The number of hydrogen-bond acceptors (Lipinski definition) is 4. The highest BCUT2D eigenvalue weighted by atomic mass is 16.7. The van der Waals surface area contributed by atoms with Gasteiger partial charge in [0.2, 0.25) is 12.7 Å². The quantitative estimate of drug-likeness (QED) is 0.787. The normalized spacial score (nSPS) is 17.0. The zero-order valence-electron chi connectivity index (χ0n) is 14.7. The Morgan fingerprint density at radius 2 is 1.81 bits per heavy atom. The van der Waals surface area contributed by atoms with E-state index in [4.69, 9.17) is 9.47 Å². The average Bonchev–Trinajstić information content (AvgIpc) is 3.32. The van der Waals surface area contributed by atoms with Crippen molar-refractivity contribution in [2.75, 3.05) is 17.4 Å². The topological polar surface area (TPSA) is 76.7 Å². The second-order valence-electron chi connectivity index (χ2n) is 6.62. The van der Waals surface area contributed by atoms with Gasteiger partial charge in [0, 0.05) is 23.4 Å². The van der Waals surface area contributed by atoms with Crippen molar-refractivity contribution >= 4 is 23.2 Å². The van der Waals surface area contributed by atoms with Gasteiger partial charge in [0.25, 0.3) is 5.91 Å². The Labute approximate surface area is 157 Å². The van der Waals surface area contributed by atoms with Gasteiger partial charge in [-0.2, -0.15) is 0 Å². The molecule has 0 fully saturated rings. The summed E-state index contributed by atoms with van der Waals surface area (Å²) in [7, 11) is 0. The van der Waals surface area contributed by atoms with E-state index >= 15 is 0 Å². The highest BCUT2D eigenvalue weighted by Gasteiger charge is 2.17. The third kappa shape index (κ3) is 4.11. The van der Waals surface area contributed by atoms with Gasteiger partial charge in [0.05, 0.1) is 0 Å². The number of carbonyl (C=O) groups excluding carboxylic acids is 2. The molecule has 1 aliphatic heterocycles. The summed E-state index contributed by atoms with van der Waals surface area (Å²) in [6.45, 7) is 0.165. The van der Waals surface area contributed by atoms with Gasteiger partial charge >= 0.3 is 0 Å². The van der Waals surface area contributed by atoms with E-state index in [0.29, 0.717) is 40.8 Å². The van der Waals surface area contributed by atoms with E-state index in [-0.39, 0.29) is 18.6 Å². The Bertz CT molecular complexity index is 907. The molecule has 1 atom stereocenters. The maximum atomic E-state index is 12.5. The first-order chi connectivity index (χ1) is 13.2. The highest BCUT2D eigenvalue weighted by molar-refractivity contribution is 6.05. The van der Waals surface area contributed by atoms with Crippen molar-refractivity contribution in [3.05, 3.63) is 60.2 Å². The summed E-state index contributed by atoms with van der Waals surface area (Å²) >= 11 is 0. The van der Waals surface area contributed by atoms with Crippen LogP contribution in [0, 0.1) is 5.92 Å². The molecule has 0 unspecified atom stereocenters. The Morgan fingerprint density at radius 1 is 1.00 bits per heavy atom. The number of amides is 2. The maximum absolute atomic E-state index is 12.5. The van der Waals surface area contributed by atoms with Crippen LogP contribution in [-0.4, -0.2) is 18.6 Å². The SMILES string of the molecule is O=C(C[C@H]1C=CCC1)Nc1cccc(NC(=O)c2ccc3c(c2)OCO3)c1. The second kappa shape index (κ2) is 7.53. The molecule has 0 radical (unpaired) electrons. The molecule has 1 aliphatic carbocycles. The smallest absolute Gasteiger partial charge is 0.255 e. The number of allylic oxidation sites excluding steroid dienone is 2. The summed E-state index contributed by atoms with van der Waals surface area (Å²) in [4.78, 5) is 24.6. The largest absolute Gasteiger partial charge is 0.454 e. The number of hydrogen-bond donors (Lipinski definition) is 2. The Morgan fingerprint density at radius 3 is 2.63 bits per heavy atom. The summed E-state index contributed by atoms with van der Waals surface area (Å²) in [5.41, 5.74) is 1.74. The Hall–Kier alpha value is -3.28. The Kier molecular flexibility index (Phi) is 4.78. The number of ether oxygens (including phenoxy) is 2. The van der Waals surface area contributed by atoms with E-state index in [1.165, 1.54) is 0 Å². The van der Waals surface area contributed by atoms with Crippen molar-refractivity contribution in [3.63, 3.8) is 0 Å². The first-order valence-corrected chi connectivity index (χ1v) is 8.95. The van der Waals surface area contributed by atoms with Crippen LogP contribution in [-0.2, 0) is 4.79 Å². The summed E-state index contributed by atoms with van der Waals surface area (Å²) in [5, 5.41) is 5.73. The molecule has 0 aromatic heterocycles. The monoisotopic (exact) mass is 364 g/mol. The van der Waals surface area contributed by atoms with E-state index in [1.54, 1.807) is 42.5 Å². The van der Waals surface area contributed by atoms with E-state index in [2.05, 4.69) is 22.8 Å². The molecule has 27 heavy (non-hydrogen) atoms. The third-order valence-corrected chi connectivity index (χ3v) is 4.60. The van der Waals surface area contributed by atoms with Crippen LogP contribution in [0.15, 0.2) is 54.6 Å². The minimum Gasteiger partial charge on any atom is -0.454 e. The first-order valence-electron chi connectivity index (χ1n) is 8.95. The van der Waals surface area contributed by atoms with Gasteiger partial charge in [-0.15, -0.1) is 0 Å². The van der Waals surface area contributed by atoms with Gasteiger partial charge in [0.15, 0.2) is 11.5 Å². The molecule has 0 spiro atoms. The van der Waals surface area contributed by atoms with Gasteiger partial charge in [0.1, 0.15) is 0 Å². The molecular formula is C21H20N2O4. The Balaban J connectivity index is 1.39. The molecule has 2 aliphatic rings. The van der Waals surface area contributed by atoms with Crippen molar-refractivity contribution in [3.8, 4) is 11.5 Å². The van der Waals surface area contributed by atoms with Crippen LogP contribution in [0.5, 0.6) is 11.5 Å². The molecule has 138 valence electrons. The van der Waals surface area contributed by atoms with Crippen LogP contribution in [0.3, 0.4) is 0 Å².